The molecule has 0 fully saturated rings. The van der Waals surface area contributed by atoms with Gasteiger partial charge in [-0.2, -0.15) is 5.10 Å². The summed E-state index contributed by atoms with van der Waals surface area (Å²) >= 11 is 0. The molecule has 0 heterocycles. The quantitative estimate of drug-likeness (QED) is 0.251. The molecule has 0 aromatic heterocycles. The Morgan fingerprint density at radius 1 is 1.00 bits per heavy atom. The molecule has 0 spiro atoms. The largest absolute Gasteiger partial charge is 0.482 e. The number of rotatable bonds is 10. The number of benzene rings is 3. The molecule has 35 heavy (non-hydrogen) atoms. The molecule has 0 aliphatic carbocycles. The number of hydrogen-bond acceptors (Lipinski definition) is 6. The molecule has 0 aliphatic heterocycles. The third-order valence-electron chi connectivity index (χ3n) is 5.28. The number of nitrogens with zero attached hydrogens (tertiary/aromatic N) is 2. The van der Waals surface area contributed by atoms with Gasteiger partial charge in [0.2, 0.25) is 11.8 Å². The Bertz CT molecular complexity index is 1240. The van der Waals surface area contributed by atoms with Crippen LogP contribution in [0.4, 0.5) is 11.4 Å². The van der Waals surface area contributed by atoms with Crippen molar-refractivity contribution in [2.45, 2.75) is 33.3 Å². The highest BCUT2D eigenvalue weighted by Crippen LogP contribution is 2.28. The van der Waals surface area contributed by atoms with Crippen molar-refractivity contribution in [2.24, 2.45) is 5.10 Å². The van der Waals surface area contributed by atoms with Crippen molar-refractivity contribution in [1.82, 2.24) is 5.43 Å². The Morgan fingerprint density at radius 3 is 2.49 bits per heavy atom. The molecule has 0 saturated carbocycles. The molecule has 3 aromatic rings. The van der Waals surface area contributed by atoms with Crippen LogP contribution >= 0.6 is 0 Å². The summed E-state index contributed by atoms with van der Waals surface area (Å²) in [5.41, 5.74) is 6.17. The summed E-state index contributed by atoms with van der Waals surface area (Å²) in [6.45, 7) is 4.07. The highest BCUT2D eigenvalue weighted by molar-refractivity contribution is 5.94. The Kier molecular flexibility index (Phi) is 8.66. The fourth-order valence-electron chi connectivity index (χ4n) is 3.18. The van der Waals surface area contributed by atoms with Gasteiger partial charge in [-0.25, -0.2) is 5.43 Å². The van der Waals surface area contributed by atoms with Crippen molar-refractivity contribution in [3.05, 3.63) is 99.1 Å². The van der Waals surface area contributed by atoms with Gasteiger partial charge in [0.1, 0.15) is 6.61 Å². The van der Waals surface area contributed by atoms with Crippen LogP contribution in [0.3, 0.4) is 0 Å². The van der Waals surface area contributed by atoms with Crippen molar-refractivity contribution in [1.29, 1.82) is 0 Å². The summed E-state index contributed by atoms with van der Waals surface area (Å²) in [6.07, 6.45) is 1.23. The summed E-state index contributed by atoms with van der Waals surface area (Å²) in [5, 5.41) is 18.1. The van der Waals surface area contributed by atoms with Gasteiger partial charge in [-0.05, 0) is 48.7 Å². The smallest absolute Gasteiger partial charge is 0.311 e. The van der Waals surface area contributed by atoms with Gasteiger partial charge in [-0.15, -0.1) is 0 Å². The number of hydrazone groups is 1. The number of hydrogen-bond donors (Lipinski definition) is 2. The molecule has 9 heteroatoms. The molecule has 0 saturated heterocycles. The first kappa shape index (κ1) is 25.1. The predicted molar refractivity (Wildman–Crippen MR) is 133 cm³/mol. The van der Waals surface area contributed by atoms with Crippen molar-refractivity contribution in [2.75, 3.05) is 5.32 Å². The Labute approximate surface area is 203 Å². The maximum Gasteiger partial charge on any atom is 0.311 e. The Morgan fingerprint density at radius 2 is 1.74 bits per heavy atom. The standard InChI is InChI=1S/C26H26N4O5/c1-18-7-6-10-22(19(18)2)28-25(31)13-14-26(32)29-27-16-21-11-12-24(23(15-21)30(33)34)35-17-20-8-4-3-5-9-20/h3-12,15-16H,13-14,17H2,1-2H3,(H,28,31)(H,29,32). The molecule has 2 amide bonds. The molecular weight excluding hydrogens is 448 g/mol. The summed E-state index contributed by atoms with van der Waals surface area (Å²) in [7, 11) is 0. The minimum Gasteiger partial charge on any atom is -0.482 e. The van der Waals surface area contributed by atoms with Crippen LogP contribution in [0.25, 0.3) is 0 Å². The van der Waals surface area contributed by atoms with E-state index >= 15 is 0 Å². The molecular formula is C26H26N4O5. The van der Waals surface area contributed by atoms with Gasteiger partial charge in [0.15, 0.2) is 5.75 Å². The van der Waals surface area contributed by atoms with E-state index in [1.165, 1.54) is 18.3 Å². The number of nitro groups is 1. The SMILES string of the molecule is Cc1cccc(NC(=O)CCC(=O)NN=Cc2ccc(OCc3ccccc3)c([N+](=O)[O-])c2)c1C. The van der Waals surface area contributed by atoms with E-state index in [2.05, 4.69) is 15.8 Å². The molecule has 2 N–H and O–H groups in total. The monoisotopic (exact) mass is 474 g/mol. The zero-order chi connectivity index (χ0) is 25.2. The maximum absolute atomic E-state index is 12.1. The van der Waals surface area contributed by atoms with Crippen LogP contribution in [0.1, 0.15) is 35.1 Å². The van der Waals surface area contributed by atoms with Crippen molar-refractivity contribution in [3.63, 3.8) is 0 Å². The van der Waals surface area contributed by atoms with E-state index in [0.29, 0.717) is 11.3 Å². The number of ether oxygens (including phenoxy) is 1. The van der Waals surface area contributed by atoms with Crippen molar-refractivity contribution < 1.29 is 19.2 Å². The second-order valence-corrected chi connectivity index (χ2v) is 7.85. The van der Waals surface area contributed by atoms with Crippen LogP contribution in [-0.2, 0) is 16.2 Å². The highest BCUT2D eigenvalue weighted by Gasteiger charge is 2.16. The lowest BCUT2D eigenvalue weighted by atomic mass is 10.1. The fourth-order valence-corrected chi connectivity index (χ4v) is 3.18. The number of carbonyl (C=O) groups is 2. The molecule has 0 aliphatic rings. The summed E-state index contributed by atoms with van der Waals surface area (Å²) in [4.78, 5) is 35.1. The lowest BCUT2D eigenvalue weighted by Crippen LogP contribution is -2.21. The fraction of sp³-hybridized carbons (Fsp3) is 0.192. The van der Waals surface area contributed by atoms with Crippen molar-refractivity contribution >= 4 is 29.4 Å². The van der Waals surface area contributed by atoms with Crippen molar-refractivity contribution in [3.8, 4) is 5.75 Å². The summed E-state index contributed by atoms with van der Waals surface area (Å²) in [5.74, 6) is -0.593. The number of nitro benzene ring substituents is 1. The van der Waals surface area contributed by atoms with Crippen LogP contribution in [0.5, 0.6) is 5.75 Å². The third kappa shape index (κ3) is 7.50. The minimum atomic E-state index is -0.537. The number of anilines is 1. The molecule has 9 nitrogen and oxygen atoms in total. The van der Waals surface area contributed by atoms with Gasteiger partial charge in [0, 0.05) is 30.2 Å². The van der Waals surface area contributed by atoms with Gasteiger partial charge in [-0.3, -0.25) is 19.7 Å². The third-order valence-corrected chi connectivity index (χ3v) is 5.28. The van der Waals surface area contributed by atoms with Crippen LogP contribution in [0.15, 0.2) is 71.8 Å². The van der Waals surface area contributed by atoms with Crippen LogP contribution < -0.4 is 15.5 Å². The molecule has 0 unspecified atom stereocenters. The van der Waals surface area contributed by atoms with Crippen LogP contribution in [0, 0.1) is 24.0 Å². The second-order valence-electron chi connectivity index (χ2n) is 7.85. The lowest BCUT2D eigenvalue weighted by Gasteiger charge is -2.10. The van der Waals surface area contributed by atoms with E-state index in [4.69, 9.17) is 4.74 Å². The normalized spacial score (nSPS) is 10.7. The predicted octanol–water partition coefficient (Wildman–Crippen LogP) is 4.66. The van der Waals surface area contributed by atoms with Gasteiger partial charge >= 0.3 is 5.69 Å². The number of amides is 2. The van der Waals surface area contributed by atoms with E-state index in [9.17, 15) is 19.7 Å². The average Bonchev–Trinajstić information content (AvgIpc) is 2.85. The molecule has 0 atom stereocenters. The van der Waals surface area contributed by atoms with Crippen LogP contribution in [-0.4, -0.2) is 23.0 Å². The number of nitrogens with one attached hydrogen (secondary N) is 2. The Hall–Kier alpha value is -4.53. The summed E-state index contributed by atoms with van der Waals surface area (Å²) < 4.78 is 5.60. The van der Waals surface area contributed by atoms with Gasteiger partial charge < -0.3 is 10.1 Å². The first-order valence-electron chi connectivity index (χ1n) is 11.0. The van der Waals surface area contributed by atoms with E-state index in [-0.39, 0.29) is 36.8 Å². The zero-order valence-electron chi connectivity index (χ0n) is 19.5. The second kappa shape index (κ2) is 12.1. The minimum absolute atomic E-state index is 0.00629. The molecule has 0 radical (unpaired) electrons. The maximum atomic E-state index is 12.1. The first-order chi connectivity index (χ1) is 16.8. The molecule has 0 bridgehead atoms. The van der Waals surface area contributed by atoms with Gasteiger partial charge in [-0.1, -0.05) is 42.5 Å². The van der Waals surface area contributed by atoms with E-state index in [1.807, 2.05) is 62.4 Å². The van der Waals surface area contributed by atoms with Gasteiger partial charge in [0.05, 0.1) is 11.1 Å². The van der Waals surface area contributed by atoms with Gasteiger partial charge in [0.25, 0.3) is 0 Å². The summed E-state index contributed by atoms with van der Waals surface area (Å²) in [6, 6.07) is 19.3. The van der Waals surface area contributed by atoms with E-state index < -0.39 is 10.8 Å². The number of aryl methyl sites for hydroxylation is 1. The van der Waals surface area contributed by atoms with E-state index in [0.717, 1.165) is 16.7 Å². The first-order valence-corrected chi connectivity index (χ1v) is 11.0. The molecule has 180 valence electrons. The van der Waals surface area contributed by atoms with Crippen LogP contribution in [0.2, 0.25) is 0 Å². The molecule has 3 rings (SSSR count). The lowest BCUT2D eigenvalue weighted by molar-refractivity contribution is -0.385. The molecule has 3 aromatic carbocycles. The van der Waals surface area contributed by atoms with E-state index in [1.54, 1.807) is 6.07 Å². The highest BCUT2D eigenvalue weighted by atomic mass is 16.6. The Balaban J connectivity index is 1.51. The number of carbonyl (C=O) groups excluding carboxylic acids is 2. The zero-order valence-corrected chi connectivity index (χ0v) is 19.5. The topological polar surface area (TPSA) is 123 Å². The average molecular weight is 475 g/mol.